The predicted octanol–water partition coefficient (Wildman–Crippen LogP) is 3.73. The fourth-order valence-electron chi connectivity index (χ4n) is 3.99. The Hall–Kier alpha value is -2.80. The Morgan fingerprint density at radius 1 is 1.37 bits per heavy atom. The normalized spacial score (nSPS) is 18.7. The number of rotatable bonds is 4. The maximum absolute atomic E-state index is 14.3. The molecular formula is C20H23FN7OP. The van der Waals surface area contributed by atoms with Gasteiger partial charge in [0.25, 0.3) is 5.89 Å². The Labute approximate surface area is 175 Å². The van der Waals surface area contributed by atoms with Gasteiger partial charge >= 0.3 is 6.01 Å². The summed E-state index contributed by atoms with van der Waals surface area (Å²) in [4.78, 5) is 9.73. The Bertz CT molecular complexity index is 1210. The zero-order valence-electron chi connectivity index (χ0n) is 17.0. The van der Waals surface area contributed by atoms with Crippen LogP contribution < -0.4 is 4.90 Å². The lowest BCUT2D eigenvalue weighted by Gasteiger charge is -2.32. The summed E-state index contributed by atoms with van der Waals surface area (Å²) < 4.78 is 21.9. The summed E-state index contributed by atoms with van der Waals surface area (Å²) in [6, 6.07) is 6.15. The number of halogens is 1. The number of nitrogens with one attached hydrogen (secondary N) is 1. The Kier molecular flexibility index (Phi) is 4.39. The minimum absolute atomic E-state index is 0.0776. The van der Waals surface area contributed by atoms with Crippen LogP contribution in [-0.2, 0) is 11.8 Å². The summed E-state index contributed by atoms with van der Waals surface area (Å²) in [7, 11) is 2.08. The van der Waals surface area contributed by atoms with Gasteiger partial charge < -0.3 is 14.3 Å². The van der Waals surface area contributed by atoms with Gasteiger partial charge in [0.05, 0.1) is 23.2 Å². The summed E-state index contributed by atoms with van der Waals surface area (Å²) >= 11 is 0. The molecule has 8 nitrogen and oxygen atoms in total. The molecule has 0 fully saturated rings. The van der Waals surface area contributed by atoms with E-state index >= 15 is 0 Å². The summed E-state index contributed by atoms with van der Waals surface area (Å²) in [5, 5.41) is 11.1. The van der Waals surface area contributed by atoms with Gasteiger partial charge in [-0.05, 0) is 30.5 Å². The van der Waals surface area contributed by atoms with Crippen LogP contribution in [0.5, 0.6) is 0 Å². The van der Waals surface area contributed by atoms with Crippen LogP contribution in [0.15, 0.2) is 35.1 Å². The molecule has 156 valence electrons. The number of hydrogen-bond acceptors (Lipinski definition) is 6. The Balaban J connectivity index is 1.64. The molecule has 0 spiro atoms. The number of anilines is 1. The van der Waals surface area contributed by atoms with Crippen LogP contribution in [0.2, 0.25) is 0 Å². The first-order valence-corrected chi connectivity index (χ1v) is 10.5. The van der Waals surface area contributed by atoms with Crippen molar-refractivity contribution in [3.8, 4) is 0 Å². The van der Waals surface area contributed by atoms with E-state index in [1.807, 2.05) is 21.7 Å². The molecule has 4 aromatic heterocycles. The molecule has 3 atom stereocenters. The molecule has 5 rings (SSSR count). The molecule has 0 aromatic carbocycles. The zero-order valence-corrected chi connectivity index (χ0v) is 18.2. The summed E-state index contributed by atoms with van der Waals surface area (Å²) in [6.45, 7) is 6.31. The average Bonchev–Trinajstić information content (AvgIpc) is 3.43. The van der Waals surface area contributed by atoms with Crippen LogP contribution in [0.3, 0.4) is 0 Å². The van der Waals surface area contributed by atoms with Crippen molar-refractivity contribution in [2.24, 2.45) is 0 Å². The topological polar surface area (TPSA) is 88.1 Å². The van der Waals surface area contributed by atoms with Crippen molar-refractivity contribution in [1.82, 2.24) is 29.8 Å². The zero-order chi connectivity index (χ0) is 21.0. The SMILES string of the molecule is CC(C)c1cccn2nc([C@@H]3c4nc[nH]c4CCN3c3nnc(C(C)(F)P)o3)cc12. The van der Waals surface area contributed by atoms with Crippen molar-refractivity contribution in [2.75, 3.05) is 11.4 Å². The van der Waals surface area contributed by atoms with Gasteiger partial charge in [-0.2, -0.15) is 5.10 Å². The van der Waals surface area contributed by atoms with Crippen LogP contribution in [0.1, 0.15) is 61.3 Å². The molecule has 0 radical (unpaired) electrons. The quantitative estimate of drug-likeness (QED) is 0.500. The highest BCUT2D eigenvalue weighted by Crippen LogP contribution is 2.39. The van der Waals surface area contributed by atoms with Gasteiger partial charge in [0.1, 0.15) is 6.04 Å². The van der Waals surface area contributed by atoms with Gasteiger partial charge in [0.15, 0.2) is 5.41 Å². The largest absolute Gasteiger partial charge is 0.404 e. The lowest BCUT2D eigenvalue weighted by atomic mass is 9.99. The van der Waals surface area contributed by atoms with E-state index in [1.54, 1.807) is 6.33 Å². The number of aromatic nitrogens is 6. The summed E-state index contributed by atoms with van der Waals surface area (Å²) in [5.74, 6) is 0.288. The molecule has 0 amide bonds. The second-order valence-electron chi connectivity index (χ2n) is 8.09. The molecule has 2 unspecified atom stereocenters. The summed E-state index contributed by atoms with van der Waals surface area (Å²) in [5.41, 5.74) is 5.02. The third kappa shape index (κ3) is 3.08. The first kappa shape index (κ1) is 19.2. The lowest BCUT2D eigenvalue weighted by Crippen LogP contribution is -2.37. The molecule has 30 heavy (non-hydrogen) atoms. The van der Waals surface area contributed by atoms with Crippen molar-refractivity contribution in [3.63, 3.8) is 0 Å². The maximum Gasteiger partial charge on any atom is 0.319 e. The molecule has 5 heterocycles. The first-order valence-electron chi connectivity index (χ1n) is 9.91. The highest BCUT2D eigenvalue weighted by atomic mass is 31.0. The van der Waals surface area contributed by atoms with E-state index in [-0.39, 0.29) is 17.9 Å². The molecule has 0 saturated carbocycles. The van der Waals surface area contributed by atoms with Gasteiger partial charge in [-0.25, -0.2) is 13.9 Å². The third-order valence-electron chi connectivity index (χ3n) is 5.46. The number of hydrogen-bond donors (Lipinski definition) is 1. The highest BCUT2D eigenvalue weighted by molar-refractivity contribution is 7.18. The average molecular weight is 427 g/mol. The number of imidazole rings is 1. The number of pyridine rings is 1. The van der Waals surface area contributed by atoms with Gasteiger partial charge in [0, 0.05) is 24.9 Å². The maximum atomic E-state index is 14.3. The van der Waals surface area contributed by atoms with Crippen LogP contribution in [0.4, 0.5) is 10.4 Å². The lowest BCUT2D eigenvalue weighted by molar-refractivity contribution is 0.257. The van der Waals surface area contributed by atoms with E-state index in [4.69, 9.17) is 9.52 Å². The van der Waals surface area contributed by atoms with Crippen molar-refractivity contribution in [1.29, 1.82) is 0 Å². The molecular weight excluding hydrogens is 404 g/mol. The van der Waals surface area contributed by atoms with Gasteiger partial charge in [-0.1, -0.05) is 34.3 Å². The van der Waals surface area contributed by atoms with Crippen LogP contribution in [-0.4, -0.2) is 36.3 Å². The predicted molar refractivity (Wildman–Crippen MR) is 113 cm³/mol. The summed E-state index contributed by atoms with van der Waals surface area (Å²) in [6.07, 6.45) is 4.37. The van der Waals surface area contributed by atoms with E-state index in [0.717, 1.165) is 29.0 Å². The Morgan fingerprint density at radius 3 is 2.93 bits per heavy atom. The first-order chi connectivity index (χ1) is 14.3. The molecule has 0 bridgehead atoms. The molecule has 1 aliphatic rings. The highest BCUT2D eigenvalue weighted by Gasteiger charge is 2.37. The van der Waals surface area contributed by atoms with Gasteiger partial charge in [0.2, 0.25) is 0 Å². The number of nitrogens with zero attached hydrogens (tertiary/aromatic N) is 6. The van der Waals surface area contributed by atoms with E-state index in [0.29, 0.717) is 12.5 Å². The van der Waals surface area contributed by atoms with Gasteiger partial charge in [-0.15, -0.1) is 5.10 Å². The van der Waals surface area contributed by atoms with Crippen LogP contribution >= 0.6 is 9.24 Å². The second kappa shape index (κ2) is 6.87. The van der Waals surface area contributed by atoms with Crippen molar-refractivity contribution in [3.05, 3.63) is 59.3 Å². The molecule has 4 aromatic rings. The molecule has 10 heteroatoms. The molecule has 1 N–H and O–H groups in total. The fraction of sp³-hybridized carbons (Fsp3) is 0.400. The van der Waals surface area contributed by atoms with Gasteiger partial charge in [-0.3, -0.25) is 0 Å². The Morgan fingerprint density at radius 2 is 2.20 bits per heavy atom. The number of fused-ring (bicyclic) bond motifs is 2. The minimum atomic E-state index is -1.79. The molecule has 0 saturated heterocycles. The molecule has 1 aliphatic heterocycles. The fourth-order valence-corrected chi connectivity index (χ4v) is 4.11. The monoisotopic (exact) mass is 427 g/mol. The second-order valence-corrected chi connectivity index (χ2v) is 9.18. The smallest absolute Gasteiger partial charge is 0.319 e. The van der Waals surface area contributed by atoms with E-state index < -0.39 is 5.41 Å². The number of H-pyrrole nitrogens is 1. The standard InChI is InChI=1S/C20H23FN7OP/c1-11(2)12-5-4-7-28-15(12)9-14(26-28)17-16-13(22-10-23-16)6-8-27(17)19-25-24-18(29-19)20(3,21)30/h4-5,7,9-11,17H,6,8,30H2,1-3H3,(H,22,23)/t17-,20?/m1/s1. The number of aromatic amines is 1. The van der Waals surface area contributed by atoms with E-state index in [1.165, 1.54) is 12.5 Å². The van der Waals surface area contributed by atoms with E-state index in [9.17, 15) is 4.39 Å². The van der Waals surface area contributed by atoms with Crippen molar-refractivity contribution in [2.45, 2.75) is 44.6 Å². The van der Waals surface area contributed by atoms with E-state index in [2.05, 4.69) is 55.4 Å². The minimum Gasteiger partial charge on any atom is -0.404 e. The van der Waals surface area contributed by atoms with Crippen molar-refractivity contribution >= 4 is 20.8 Å². The number of alkyl halides is 1. The van der Waals surface area contributed by atoms with Crippen LogP contribution in [0.25, 0.3) is 5.52 Å². The van der Waals surface area contributed by atoms with Crippen LogP contribution in [0, 0.1) is 0 Å². The molecule has 0 aliphatic carbocycles. The third-order valence-corrected chi connectivity index (χ3v) is 5.71. The van der Waals surface area contributed by atoms with Crippen molar-refractivity contribution < 1.29 is 8.81 Å².